The van der Waals surface area contributed by atoms with Gasteiger partial charge >= 0.3 is 0 Å². The molecule has 0 atom stereocenters. The summed E-state index contributed by atoms with van der Waals surface area (Å²) in [4.78, 5) is 13.1. The van der Waals surface area contributed by atoms with Crippen LogP contribution in [0.4, 0.5) is 0 Å². The topological polar surface area (TPSA) is 60.7 Å². The van der Waals surface area contributed by atoms with Gasteiger partial charge < -0.3 is 0 Å². The van der Waals surface area contributed by atoms with Crippen molar-refractivity contribution in [2.24, 2.45) is 7.05 Å². The molecule has 1 heterocycles. The summed E-state index contributed by atoms with van der Waals surface area (Å²) in [5.41, 5.74) is 0. The van der Waals surface area contributed by atoms with Gasteiger partial charge in [-0.15, -0.1) is 10.2 Å². The van der Waals surface area contributed by atoms with E-state index in [9.17, 15) is 4.79 Å². The van der Waals surface area contributed by atoms with E-state index in [0.717, 1.165) is 12.8 Å². The van der Waals surface area contributed by atoms with E-state index in [1.54, 1.807) is 7.05 Å². The number of carbonyl (C=O) groups excluding carboxylic acids is 1. The first-order valence-corrected chi connectivity index (χ1v) is 10.2. The summed E-state index contributed by atoms with van der Waals surface area (Å²) in [6.45, 7) is 2.26. The number of aromatic nitrogens is 4. The van der Waals surface area contributed by atoms with Gasteiger partial charge in [0, 0.05) is 6.42 Å². The highest BCUT2D eigenvalue weighted by Crippen LogP contribution is 2.10. The Balaban J connectivity index is 1.84. The standard InChI is InChI=1S/C20H36N4O/c1-3-4-5-6-7-8-9-10-11-12-13-14-15-16-17-18-19(25)20-21-23-24(2)22-20/h10-11H,3-9,12-18H2,1-2H3/b11-10-. The second kappa shape index (κ2) is 14.8. The van der Waals surface area contributed by atoms with Gasteiger partial charge in [0.1, 0.15) is 0 Å². The average molecular weight is 349 g/mol. The molecule has 25 heavy (non-hydrogen) atoms. The molecule has 5 heteroatoms. The lowest BCUT2D eigenvalue weighted by atomic mass is 10.1. The van der Waals surface area contributed by atoms with E-state index in [1.807, 2.05) is 0 Å². The van der Waals surface area contributed by atoms with Gasteiger partial charge in [-0.05, 0) is 37.3 Å². The van der Waals surface area contributed by atoms with E-state index in [2.05, 4.69) is 34.5 Å². The molecule has 0 fully saturated rings. The number of unbranched alkanes of at least 4 members (excludes halogenated alkanes) is 11. The second-order valence-corrected chi connectivity index (χ2v) is 6.86. The van der Waals surface area contributed by atoms with Gasteiger partial charge in [0.2, 0.25) is 11.6 Å². The third-order valence-electron chi connectivity index (χ3n) is 4.42. The Morgan fingerprint density at radius 2 is 1.44 bits per heavy atom. The first-order valence-electron chi connectivity index (χ1n) is 10.2. The maximum absolute atomic E-state index is 11.8. The summed E-state index contributed by atoms with van der Waals surface area (Å²) in [7, 11) is 1.67. The Labute approximate surface area is 153 Å². The molecule has 0 aliphatic rings. The van der Waals surface area contributed by atoms with Crippen molar-refractivity contribution in [3.8, 4) is 0 Å². The zero-order chi connectivity index (χ0) is 18.2. The van der Waals surface area contributed by atoms with Crippen LogP contribution in [0.15, 0.2) is 12.2 Å². The van der Waals surface area contributed by atoms with Crippen molar-refractivity contribution in [2.75, 3.05) is 0 Å². The molecule has 0 radical (unpaired) electrons. The molecule has 0 bridgehead atoms. The summed E-state index contributed by atoms with van der Waals surface area (Å²) >= 11 is 0. The number of hydrogen-bond acceptors (Lipinski definition) is 4. The molecule has 0 aromatic carbocycles. The van der Waals surface area contributed by atoms with Gasteiger partial charge in [-0.25, -0.2) is 0 Å². The summed E-state index contributed by atoms with van der Waals surface area (Å²) < 4.78 is 0. The lowest BCUT2D eigenvalue weighted by Crippen LogP contribution is -2.02. The van der Waals surface area contributed by atoms with E-state index in [0.29, 0.717) is 6.42 Å². The quantitative estimate of drug-likeness (QED) is 0.227. The molecule has 0 saturated heterocycles. The Kier molecular flexibility index (Phi) is 12.7. The van der Waals surface area contributed by atoms with Crippen LogP contribution >= 0.6 is 0 Å². The van der Waals surface area contributed by atoms with Crippen LogP contribution in [0.1, 0.15) is 107 Å². The molecule has 0 spiro atoms. The largest absolute Gasteiger partial charge is 0.291 e. The molecule has 0 saturated carbocycles. The van der Waals surface area contributed by atoms with Crippen molar-refractivity contribution in [3.63, 3.8) is 0 Å². The van der Waals surface area contributed by atoms with Gasteiger partial charge in [0.05, 0.1) is 7.05 Å². The minimum Gasteiger partial charge on any atom is -0.291 e. The zero-order valence-corrected chi connectivity index (χ0v) is 16.3. The van der Waals surface area contributed by atoms with E-state index >= 15 is 0 Å². The third kappa shape index (κ3) is 11.6. The highest BCUT2D eigenvalue weighted by atomic mass is 16.1. The minimum absolute atomic E-state index is 0.00530. The van der Waals surface area contributed by atoms with Gasteiger partial charge in [0.25, 0.3) is 0 Å². The van der Waals surface area contributed by atoms with Crippen LogP contribution < -0.4 is 0 Å². The van der Waals surface area contributed by atoms with Crippen LogP contribution in [0.5, 0.6) is 0 Å². The van der Waals surface area contributed by atoms with Crippen molar-refractivity contribution < 1.29 is 4.79 Å². The molecule has 1 aromatic rings. The summed E-state index contributed by atoms with van der Waals surface area (Å²) in [5, 5.41) is 11.4. The van der Waals surface area contributed by atoms with Crippen molar-refractivity contribution in [2.45, 2.75) is 96.8 Å². The predicted molar refractivity (Wildman–Crippen MR) is 103 cm³/mol. The van der Waals surface area contributed by atoms with Crippen molar-refractivity contribution in [1.82, 2.24) is 20.2 Å². The van der Waals surface area contributed by atoms with Crippen LogP contribution in [-0.2, 0) is 7.05 Å². The Morgan fingerprint density at radius 1 is 0.880 bits per heavy atom. The first-order chi connectivity index (χ1) is 12.2. The second-order valence-electron chi connectivity index (χ2n) is 6.86. The smallest absolute Gasteiger partial charge is 0.240 e. The average Bonchev–Trinajstić information content (AvgIpc) is 3.04. The zero-order valence-electron chi connectivity index (χ0n) is 16.3. The maximum atomic E-state index is 11.8. The van der Waals surface area contributed by atoms with Crippen LogP contribution in [0.3, 0.4) is 0 Å². The third-order valence-corrected chi connectivity index (χ3v) is 4.42. The summed E-state index contributed by atoms with van der Waals surface area (Å²) in [6, 6.07) is 0. The Hall–Kier alpha value is -1.52. The molecule has 142 valence electrons. The number of aryl methyl sites for hydroxylation is 1. The number of carbonyl (C=O) groups is 1. The fourth-order valence-electron chi connectivity index (χ4n) is 2.86. The summed E-state index contributed by atoms with van der Waals surface area (Å²) in [6.07, 6.45) is 21.6. The molecule has 1 aromatic heterocycles. The van der Waals surface area contributed by atoms with Crippen LogP contribution in [0, 0.1) is 0 Å². The van der Waals surface area contributed by atoms with Gasteiger partial charge in [-0.3, -0.25) is 4.79 Å². The van der Waals surface area contributed by atoms with Gasteiger partial charge in [0.15, 0.2) is 0 Å². The molecule has 0 aliphatic carbocycles. The highest BCUT2D eigenvalue weighted by Gasteiger charge is 2.10. The Morgan fingerprint density at radius 3 is 2.00 bits per heavy atom. The molecular formula is C20H36N4O. The van der Waals surface area contributed by atoms with E-state index in [4.69, 9.17) is 0 Å². The molecule has 1 rings (SSSR count). The number of nitrogens with zero attached hydrogens (tertiary/aromatic N) is 4. The Bertz CT molecular complexity index is 482. The lowest BCUT2D eigenvalue weighted by molar-refractivity contribution is 0.0968. The lowest BCUT2D eigenvalue weighted by Gasteiger charge is -1.99. The SMILES string of the molecule is CCCCCCCC/C=C\CCCCCCCC(=O)c1nnn(C)n1. The monoisotopic (exact) mass is 348 g/mol. The highest BCUT2D eigenvalue weighted by molar-refractivity contribution is 5.92. The number of allylic oxidation sites excluding steroid dienone is 2. The van der Waals surface area contributed by atoms with Crippen molar-refractivity contribution in [3.05, 3.63) is 18.0 Å². The van der Waals surface area contributed by atoms with Crippen molar-refractivity contribution in [1.29, 1.82) is 0 Å². The molecular weight excluding hydrogens is 312 g/mol. The van der Waals surface area contributed by atoms with Gasteiger partial charge in [-0.2, -0.15) is 4.80 Å². The fraction of sp³-hybridized carbons (Fsp3) is 0.800. The fourth-order valence-corrected chi connectivity index (χ4v) is 2.86. The van der Waals surface area contributed by atoms with Gasteiger partial charge in [-0.1, -0.05) is 70.4 Å². The van der Waals surface area contributed by atoms with Crippen LogP contribution in [0.25, 0.3) is 0 Å². The van der Waals surface area contributed by atoms with Crippen molar-refractivity contribution >= 4 is 5.78 Å². The number of tetrazole rings is 1. The first kappa shape index (κ1) is 21.5. The number of hydrogen-bond donors (Lipinski definition) is 0. The van der Waals surface area contributed by atoms with E-state index < -0.39 is 0 Å². The maximum Gasteiger partial charge on any atom is 0.240 e. The molecule has 0 N–H and O–H groups in total. The summed E-state index contributed by atoms with van der Waals surface area (Å²) in [5.74, 6) is 0.253. The molecule has 5 nitrogen and oxygen atoms in total. The molecule has 0 aliphatic heterocycles. The number of rotatable bonds is 16. The van der Waals surface area contributed by atoms with E-state index in [1.165, 1.54) is 75.4 Å². The number of Topliss-reactive ketones (excluding diaryl/α,β-unsaturated/α-hetero) is 1. The van der Waals surface area contributed by atoms with Crippen LogP contribution in [0.2, 0.25) is 0 Å². The molecule has 0 unspecified atom stereocenters. The van der Waals surface area contributed by atoms with Crippen LogP contribution in [-0.4, -0.2) is 26.0 Å². The minimum atomic E-state index is 0.00530. The normalized spacial score (nSPS) is 11.4. The van der Waals surface area contributed by atoms with E-state index in [-0.39, 0.29) is 11.6 Å². The molecule has 0 amide bonds. The predicted octanol–water partition coefficient (Wildman–Crippen LogP) is 5.43. The number of ketones is 1.